The van der Waals surface area contributed by atoms with E-state index in [1.54, 1.807) is 0 Å². The summed E-state index contributed by atoms with van der Waals surface area (Å²) < 4.78 is 0. The molecule has 0 spiro atoms. The summed E-state index contributed by atoms with van der Waals surface area (Å²) in [7, 11) is 0. The number of aryl methyl sites for hydroxylation is 1. The molecule has 0 aliphatic carbocycles. The second-order valence-electron chi connectivity index (χ2n) is 6.03. The Bertz CT molecular complexity index is 916. The first-order chi connectivity index (χ1) is 12.1. The van der Waals surface area contributed by atoms with Gasteiger partial charge in [0.05, 0.1) is 12.5 Å². The van der Waals surface area contributed by atoms with Crippen molar-refractivity contribution in [3.63, 3.8) is 0 Å². The van der Waals surface area contributed by atoms with Crippen LogP contribution in [0.15, 0.2) is 60.7 Å². The third-order valence-corrected chi connectivity index (χ3v) is 4.41. The van der Waals surface area contributed by atoms with Gasteiger partial charge in [-0.15, -0.1) is 0 Å². The Labute approximate surface area is 146 Å². The Hall–Kier alpha value is -3.14. The quantitative estimate of drug-likeness (QED) is 0.668. The normalized spacial score (nSPS) is 11.9. The van der Waals surface area contributed by atoms with E-state index in [-0.39, 0.29) is 6.42 Å². The SMILES string of the molecule is Cc1ccc(-c2ccc([C@H](CC(=O)O)NC=O)cc2)c2ccccc12. The molecule has 1 amide bonds. The van der Waals surface area contributed by atoms with Crippen molar-refractivity contribution in [1.82, 2.24) is 5.32 Å². The van der Waals surface area contributed by atoms with Gasteiger partial charge in [0.2, 0.25) is 6.41 Å². The lowest BCUT2D eigenvalue weighted by atomic mass is 9.94. The number of rotatable bonds is 6. The van der Waals surface area contributed by atoms with Gasteiger partial charge in [-0.25, -0.2) is 0 Å². The number of carbonyl (C=O) groups is 2. The van der Waals surface area contributed by atoms with Crippen LogP contribution in [0.2, 0.25) is 0 Å². The number of hydrogen-bond acceptors (Lipinski definition) is 2. The largest absolute Gasteiger partial charge is 0.481 e. The van der Waals surface area contributed by atoms with Gasteiger partial charge in [0, 0.05) is 0 Å². The molecule has 4 nitrogen and oxygen atoms in total. The third-order valence-electron chi connectivity index (χ3n) is 4.41. The number of hydrogen-bond donors (Lipinski definition) is 2. The second-order valence-corrected chi connectivity index (χ2v) is 6.03. The molecule has 25 heavy (non-hydrogen) atoms. The van der Waals surface area contributed by atoms with Gasteiger partial charge in [-0.1, -0.05) is 60.7 Å². The summed E-state index contributed by atoms with van der Waals surface area (Å²) in [5, 5.41) is 14.0. The van der Waals surface area contributed by atoms with E-state index in [4.69, 9.17) is 5.11 Å². The Morgan fingerprint density at radius 2 is 1.72 bits per heavy atom. The molecule has 1 atom stereocenters. The second kappa shape index (κ2) is 7.18. The minimum Gasteiger partial charge on any atom is -0.481 e. The third kappa shape index (κ3) is 3.53. The average Bonchev–Trinajstić information content (AvgIpc) is 2.62. The predicted octanol–water partition coefficient (Wildman–Crippen LogP) is 4.08. The lowest BCUT2D eigenvalue weighted by Gasteiger charge is -2.15. The fourth-order valence-corrected chi connectivity index (χ4v) is 3.13. The zero-order valence-electron chi connectivity index (χ0n) is 13.9. The van der Waals surface area contributed by atoms with Crippen molar-refractivity contribution in [1.29, 1.82) is 0 Å². The average molecular weight is 333 g/mol. The number of benzene rings is 3. The minimum absolute atomic E-state index is 0.147. The highest BCUT2D eigenvalue weighted by Crippen LogP contribution is 2.31. The van der Waals surface area contributed by atoms with Crippen LogP contribution in [0, 0.1) is 6.92 Å². The summed E-state index contributed by atoms with van der Waals surface area (Å²) in [6.07, 6.45) is 0.389. The molecule has 0 fully saturated rings. The summed E-state index contributed by atoms with van der Waals surface area (Å²) in [5.74, 6) is -0.951. The van der Waals surface area contributed by atoms with Gasteiger partial charge in [-0.3, -0.25) is 9.59 Å². The van der Waals surface area contributed by atoms with Gasteiger partial charge in [0.15, 0.2) is 0 Å². The zero-order valence-corrected chi connectivity index (χ0v) is 13.9. The van der Waals surface area contributed by atoms with Crippen LogP contribution in [0.3, 0.4) is 0 Å². The van der Waals surface area contributed by atoms with Gasteiger partial charge in [-0.05, 0) is 39.9 Å². The fourth-order valence-electron chi connectivity index (χ4n) is 3.13. The molecule has 0 bridgehead atoms. The summed E-state index contributed by atoms with van der Waals surface area (Å²) in [4.78, 5) is 21.7. The number of carboxylic acid groups (broad SMARTS) is 1. The molecular weight excluding hydrogens is 314 g/mol. The molecule has 0 unspecified atom stereocenters. The zero-order chi connectivity index (χ0) is 17.8. The van der Waals surface area contributed by atoms with Crippen molar-refractivity contribution in [2.75, 3.05) is 0 Å². The van der Waals surface area contributed by atoms with E-state index in [0.29, 0.717) is 6.41 Å². The lowest BCUT2D eigenvalue weighted by Crippen LogP contribution is -2.22. The Morgan fingerprint density at radius 3 is 2.36 bits per heavy atom. The summed E-state index contributed by atoms with van der Waals surface area (Å²) >= 11 is 0. The smallest absolute Gasteiger partial charge is 0.305 e. The van der Waals surface area contributed by atoms with Crippen molar-refractivity contribution < 1.29 is 14.7 Å². The van der Waals surface area contributed by atoms with Crippen LogP contribution in [0.25, 0.3) is 21.9 Å². The molecule has 0 saturated heterocycles. The van der Waals surface area contributed by atoms with Crippen LogP contribution >= 0.6 is 0 Å². The van der Waals surface area contributed by atoms with Crippen LogP contribution in [0.1, 0.15) is 23.6 Å². The maximum Gasteiger partial charge on any atom is 0.305 e. The van der Waals surface area contributed by atoms with Crippen molar-refractivity contribution in [3.05, 3.63) is 71.8 Å². The summed E-state index contributed by atoms with van der Waals surface area (Å²) in [5.41, 5.74) is 4.19. The molecule has 3 aromatic rings. The van der Waals surface area contributed by atoms with Crippen LogP contribution in [-0.4, -0.2) is 17.5 Å². The van der Waals surface area contributed by atoms with E-state index in [2.05, 4.69) is 36.5 Å². The topological polar surface area (TPSA) is 66.4 Å². The fraction of sp³-hybridized carbons (Fsp3) is 0.143. The molecule has 2 N–H and O–H groups in total. The van der Waals surface area contributed by atoms with E-state index >= 15 is 0 Å². The van der Waals surface area contributed by atoms with Gasteiger partial charge in [0.1, 0.15) is 0 Å². The van der Waals surface area contributed by atoms with Gasteiger partial charge < -0.3 is 10.4 Å². The van der Waals surface area contributed by atoms with E-state index in [1.807, 2.05) is 36.4 Å². The molecule has 0 aliphatic heterocycles. The Balaban J connectivity index is 1.99. The Morgan fingerprint density at radius 1 is 1.04 bits per heavy atom. The standard InChI is InChI=1S/C21H19NO3/c1-14-6-11-18(19-5-3-2-4-17(14)19)15-7-9-16(10-8-15)20(22-13-23)12-21(24)25/h2-11,13,20H,12H2,1H3,(H,22,23)(H,24,25)/t20-/m0/s1. The van der Waals surface area contributed by atoms with Crippen molar-refractivity contribution in [3.8, 4) is 11.1 Å². The highest BCUT2D eigenvalue weighted by Gasteiger charge is 2.15. The lowest BCUT2D eigenvalue weighted by molar-refractivity contribution is -0.137. The minimum atomic E-state index is -0.951. The number of fused-ring (bicyclic) bond motifs is 1. The Kier molecular flexibility index (Phi) is 4.80. The molecule has 3 rings (SSSR count). The summed E-state index contributed by atoms with van der Waals surface area (Å²) in [6.45, 7) is 2.09. The molecule has 0 saturated carbocycles. The molecule has 0 radical (unpaired) electrons. The predicted molar refractivity (Wildman–Crippen MR) is 98.3 cm³/mol. The number of carbonyl (C=O) groups excluding carboxylic acids is 1. The molecule has 126 valence electrons. The molecule has 4 heteroatoms. The van der Waals surface area contributed by atoms with E-state index in [0.717, 1.165) is 16.7 Å². The van der Waals surface area contributed by atoms with E-state index in [1.165, 1.54) is 16.3 Å². The van der Waals surface area contributed by atoms with E-state index in [9.17, 15) is 9.59 Å². The first-order valence-corrected chi connectivity index (χ1v) is 8.10. The number of amides is 1. The van der Waals surface area contributed by atoms with Crippen LogP contribution in [0.4, 0.5) is 0 Å². The van der Waals surface area contributed by atoms with E-state index < -0.39 is 12.0 Å². The first-order valence-electron chi connectivity index (χ1n) is 8.10. The monoisotopic (exact) mass is 333 g/mol. The number of carboxylic acids is 1. The van der Waals surface area contributed by atoms with Gasteiger partial charge in [0.25, 0.3) is 0 Å². The maximum absolute atomic E-state index is 11.0. The maximum atomic E-state index is 11.0. The number of nitrogens with one attached hydrogen (secondary N) is 1. The first kappa shape index (κ1) is 16.7. The highest BCUT2D eigenvalue weighted by atomic mass is 16.4. The molecule has 0 aliphatic rings. The van der Waals surface area contributed by atoms with Crippen LogP contribution < -0.4 is 5.32 Å². The van der Waals surface area contributed by atoms with Crippen molar-refractivity contribution in [2.24, 2.45) is 0 Å². The van der Waals surface area contributed by atoms with Crippen LogP contribution in [0.5, 0.6) is 0 Å². The van der Waals surface area contributed by atoms with Crippen LogP contribution in [-0.2, 0) is 9.59 Å². The number of aliphatic carboxylic acids is 1. The molecule has 3 aromatic carbocycles. The van der Waals surface area contributed by atoms with Gasteiger partial charge >= 0.3 is 5.97 Å². The molecule has 0 heterocycles. The highest BCUT2D eigenvalue weighted by molar-refractivity contribution is 5.98. The molecule has 0 aromatic heterocycles. The summed E-state index contributed by atoms with van der Waals surface area (Å²) in [6, 6.07) is 19.6. The van der Waals surface area contributed by atoms with Crippen molar-refractivity contribution in [2.45, 2.75) is 19.4 Å². The van der Waals surface area contributed by atoms with Gasteiger partial charge in [-0.2, -0.15) is 0 Å². The van der Waals surface area contributed by atoms with Crippen molar-refractivity contribution >= 4 is 23.2 Å². The molecular formula is C21H19NO3.